The lowest BCUT2D eigenvalue weighted by Crippen LogP contribution is -2.23. The smallest absolute Gasteiger partial charge is 0.0756 e. The third-order valence-corrected chi connectivity index (χ3v) is 3.94. The molecule has 1 saturated heterocycles. The second-order valence-corrected chi connectivity index (χ2v) is 5.46. The van der Waals surface area contributed by atoms with Gasteiger partial charge in [-0.2, -0.15) is 5.10 Å². The minimum Gasteiger partial charge on any atom is -0.379 e. The van der Waals surface area contributed by atoms with Crippen LogP contribution < -0.4 is 5.32 Å². The summed E-state index contributed by atoms with van der Waals surface area (Å²) < 4.78 is 7.78. The molecule has 1 aliphatic rings. The molecule has 1 fully saturated rings. The molecule has 1 unspecified atom stereocenters. The number of hydrogen-bond acceptors (Lipinski definition) is 3. The highest BCUT2D eigenvalue weighted by molar-refractivity contribution is 5.25. The van der Waals surface area contributed by atoms with Gasteiger partial charge in [-0.05, 0) is 58.2 Å². The summed E-state index contributed by atoms with van der Waals surface area (Å²) in [4.78, 5) is 0. The van der Waals surface area contributed by atoms with Crippen LogP contribution in [0, 0.1) is 13.8 Å². The molecule has 1 aromatic rings. The number of nitrogens with one attached hydrogen (secondary N) is 1. The van der Waals surface area contributed by atoms with Gasteiger partial charge in [-0.25, -0.2) is 0 Å². The van der Waals surface area contributed by atoms with E-state index in [2.05, 4.69) is 30.8 Å². The molecule has 4 heteroatoms. The van der Waals surface area contributed by atoms with Gasteiger partial charge >= 0.3 is 0 Å². The normalized spacial score (nSPS) is 19.8. The fourth-order valence-electron chi connectivity index (χ4n) is 2.85. The second kappa shape index (κ2) is 7.06. The summed E-state index contributed by atoms with van der Waals surface area (Å²) >= 11 is 0. The predicted molar refractivity (Wildman–Crippen MR) is 77.7 cm³/mol. The molecule has 1 N–H and O–H groups in total. The van der Waals surface area contributed by atoms with Gasteiger partial charge in [-0.1, -0.05) is 6.92 Å². The minimum absolute atomic E-state index is 0.435. The van der Waals surface area contributed by atoms with Crippen LogP contribution >= 0.6 is 0 Å². The Morgan fingerprint density at radius 2 is 2.21 bits per heavy atom. The van der Waals surface area contributed by atoms with Gasteiger partial charge in [0.2, 0.25) is 0 Å². The standard InChI is InChI=1S/C15H27N3O/c1-4-8-16-9-7-15-12(2)17-18(13(15)3)14-6-5-10-19-11-14/h14,16H,4-11H2,1-3H3. The van der Waals surface area contributed by atoms with Crippen molar-refractivity contribution in [3.63, 3.8) is 0 Å². The number of aryl methyl sites for hydroxylation is 1. The molecule has 1 aromatic heterocycles. The molecule has 19 heavy (non-hydrogen) atoms. The Hall–Kier alpha value is -0.870. The largest absolute Gasteiger partial charge is 0.379 e. The highest BCUT2D eigenvalue weighted by Gasteiger charge is 2.21. The van der Waals surface area contributed by atoms with Gasteiger partial charge in [0, 0.05) is 12.3 Å². The summed E-state index contributed by atoms with van der Waals surface area (Å²) in [6.07, 6.45) is 4.60. The number of aromatic nitrogens is 2. The van der Waals surface area contributed by atoms with E-state index in [1.165, 1.54) is 29.8 Å². The Balaban J connectivity index is 2.01. The van der Waals surface area contributed by atoms with Crippen LogP contribution in [0.15, 0.2) is 0 Å². The molecule has 2 heterocycles. The first-order valence-corrected chi connectivity index (χ1v) is 7.57. The lowest BCUT2D eigenvalue weighted by molar-refractivity contribution is 0.0541. The number of rotatable bonds is 6. The van der Waals surface area contributed by atoms with Gasteiger partial charge in [0.05, 0.1) is 18.3 Å². The topological polar surface area (TPSA) is 39.1 Å². The average Bonchev–Trinajstić information content (AvgIpc) is 2.72. The van der Waals surface area contributed by atoms with Crippen molar-refractivity contribution in [1.29, 1.82) is 0 Å². The molecule has 0 bridgehead atoms. The van der Waals surface area contributed by atoms with Crippen LogP contribution in [0.5, 0.6) is 0 Å². The fourth-order valence-corrected chi connectivity index (χ4v) is 2.85. The molecule has 0 radical (unpaired) electrons. The van der Waals surface area contributed by atoms with E-state index in [-0.39, 0.29) is 0 Å². The van der Waals surface area contributed by atoms with Crippen molar-refractivity contribution in [3.8, 4) is 0 Å². The van der Waals surface area contributed by atoms with Crippen molar-refractivity contribution >= 4 is 0 Å². The molecule has 1 atom stereocenters. The highest BCUT2D eigenvalue weighted by Crippen LogP contribution is 2.23. The number of ether oxygens (including phenoxy) is 1. The summed E-state index contributed by atoms with van der Waals surface area (Å²) in [7, 11) is 0. The first kappa shape index (κ1) is 14.5. The van der Waals surface area contributed by atoms with E-state index in [0.717, 1.165) is 39.1 Å². The van der Waals surface area contributed by atoms with Gasteiger partial charge in [-0.15, -0.1) is 0 Å². The Kier molecular flexibility index (Phi) is 5.40. The summed E-state index contributed by atoms with van der Waals surface area (Å²) in [5.41, 5.74) is 3.92. The minimum atomic E-state index is 0.435. The second-order valence-electron chi connectivity index (χ2n) is 5.46. The van der Waals surface area contributed by atoms with Crippen LogP contribution in [0.25, 0.3) is 0 Å². The summed E-state index contributed by atoms with van der Waals surface area (Å²) in [6.45, 7) is 10.4. The first-order chi connectivity index (χ1) is 9.24. The maximum absolute atomic E-state index is 5.58. The van der Waals surface area contributed by atoms with Crippen LogP contribution in [-0.4, -0.2) is 36.1 Å². The van der Waals surface area contributed by atoms with E-state index in [1.807, 2.05) is 0 Å². The molecule has 0 aliphatic carbocycles. The van der Waals surface area contributed by atoms with Gasteiger partial charge in [0.25, 0.3) is 0 Å². The SMILES string of the molecule is CCCNCCc1c(C)nn(C2CCCOC2)c1C. The van der Waals surface area contributed by atoms with Gasteiger partial charge < -0.3 is 10.1 Å². The lowest BCUT2D eigenvalue weighted by atomic mass is 10.1. The molecule has 0 aromatic carbocycles. The average molecular weight is 265 g/mol. The van der Waals surface area contributed by atoms with E-state index in [4.69, 9.17) is 9.84 Å². The summed E-state index contributed by atoms with van der Waals surface area (Å²) in [6, 6.07) is 0.435. The monoisotopic (exact) mass is 265 g/mol. The first-order valence-electron chi connectivity index (χ1n) is 7.57. The molecule has 1 aliphatic heterocycles. The third kappa shape index (κ3) is 3.57. The molecule has 0 saturated carbocycles. The van der Waals surface area contributed by atoms with Crippen molar-refractivity contribution in [1.82, 2.24) is 15.1 Å². The Morgan fingerprint density at radius 3 is 2.89 bits per heavy atom. The van der Waals surface area contributed by atoms with E-state index in [9.17, 15) is 0 Å². The highest BCUT2D eigenvalue weighted by atomic mass is 16.5. The van der Waals surface area contributed by atoms with Crippen molar-refractivity contribution in [2.24, 2.45) is 0 Å². The zero-order chi connectivity index (χ0) is 13.7. The summed E-state index contributed by atoms with van der Waals surface area (Å²) in [5.74, 6) is 0. The zero-order valence-corrected chi connectivity index (χ0v) is 12.5. The Labute approximate surface area is 116 Å². The predicted octanol–water partition coefficient (Wildman–Crippen LogP) is 2.39. The van der Waals surface area contributed by atoms with E-state index < -0.39 is 0 Å². The third-order valence-electron chi connectivity index (χ3n) is 3.94. The van der Waals surface area contributed by atoms with E-state index in [1.54, 1.807) is 0 Å². The molecular weight excluding hydrogens is 238 g/mol. The quantitative estimate of drug-likeness (QED) is 0.803. The molecule has 0 amide bonds. The van der Waals surface area contributed by atoms with Crippen LogP contribution in [0.2, 0.25) is 0 Å². The maximum Gasteiger partial charge on any atom is 0.0756 e. The van der Waals surface area contributed by atoms with Crippen molar-refractivity contribution in [2.75, 3.05) is 26.3 Å². The molecule has 0 spiro atoms. The van der Waals surface area contributed by atoms with Crippen LogP contribution in [0.1, 0.15) is 49.2 Å². The van der Waals surface area contributed by atoms with Crippen molar-refractivity contribution in [3.05, 3.63) is 17.0 Å². The van der Waals surface area contributed by atoms with E-state index in [0.29, 0.717) is 6.04 Å². The Bertz CT molecular complexity index is 394. The lowest BCUT2D eigenvalue weighted by Gasteiger charge is -2.23. The van der Waals surface area contributed by atoms with Crippen LogP contribution in [0.3, 0.4) is 0 Å². The zero-order valence-electron chi connectivity index (χ0n) is 12.5. The molecule has 4 nitrogen and oxygen atoms in total. The summed E-state index contributed by atoms with van der Waals surface area (Å²) in [5, 5.41) is 8.21. The number of nitrogens with zero attached hydrogens (tertiary/aromatic N) is 2. The van der Waals surface area contributed by atoms with E-state index >= 15 is 0 Å². The van der Waals surface area contributed by atoms with Crippen molar-refractivity contribution in [2.45, 2.75) is 52.5 Å². The van der Waals surface area contributed by atoms with Crippen molar-refractivity contribution < 1.29 is 4.74 Å². The molecule has 108 valence electrons. The van der Waals surface area contributed by atoms with Gasteiger partial charge in [0.1, 0.15) is 0 Å². The maximum atomic E-state index is 5.58. The van der Waals surface area contributed by atoms with Crippen LogP contribution in [-0.2, 0) is 11.2 Å². The number of hydrogen-bond donors (Lipinski definition) is 1. The van der Waals surface area contributed by atoms with Gasteiger partial charge in [0.15, 0.2) is 0 Å². The van der Waals surface area contributed by atoms with Gasteiger partial charge in [-0.3, -0.25) is 4.68 Å². The Morgan fingerprint density at radius 1 is 1.37 bits per heavy atom. The molecular formula is C15H27N3O. The van der Waals surface area contributed by atoms with Crippen LogP contribution in [0.4, 0.5) is 0 Å². The fraction of sp³-hybridized carbons (Fsp3) is 0.800. The molecule has 2 rings (SSSR count).